The first-order valence-corrected chi connectivity index (χ1v) is 17.0. The van der Waals surface area contributed by atoms with Crippen molar-refractivity contribution in [1.82, 2.24) is 5.09 Å². The van der Waals surface area contributed by atoms with E-state index < -0.39 is 60.7 Å². The highest BCUT2D eigenvalue weighted by Gasteiger charge is 2.34. The fourth-order valence-corrected chi connectivity index (χ4v) is 7.78. The van der Waals surface area contributed by atoms with Crippen molar-refractivity contribution in [2.75, 3.05) is 46.2 Å². The molecule has 17 heteroatoms. The topological polar surface area (TPSA) is 137 Å². The summed E-state index contributed by atoms with van der Waals surface area (Å²) in [5.74, 6) is 0. The molecule has 0 aliphatic heterocycles. The second-order valence-corrected chi connectivity index (χ2v) is 13.6. The van der Waals surface area contributed by atoms with Crippen molar-refractivity contribution in [3.8, 4) is 0 Å². The highest BCUT2D eigenvalue weighted by molar-refractivity contribution is 7.56. The van der Waals surface area contributed by atoms with Crippen molar-refractivity contribution in [1.29, 1.82) is 0 Å². The van der Waals surface area contributed by atoms with Crippen LogP contribution in [0.1, 0.15) is 42.8 Å². The molecule has 1 aliphatic carbocycles. The predicted octanol–water partition coefficient (Wildman–Crippen LogP) is 4.76. The average Bonchev–Trinajstić information content (AvgIpc) is 2.66. The van der Waals surface area contributed by atoms with Crippen LogP contribution in [0.25, 0.3) is 0 Å². The van der Waals surface area contributed by atoms with Gasteiger partial charge in [-0.1, -0.05) is 6.42 Å². The van der Waals surface area contributed by atoms with Gasteiger partial charge in [0.2, 0.25) is 0 Å². The van der Waals surface area contributed by atoms with E-state index in [1.807, 2.05) is 18.5 Å². The molecule has 1 N–H and O–H groups in total. The number of hydrogen-bond donors (Lipinski definition) is 1. The zero-order valence-corrected chi connectivity index (χ0v) is 25.2. The van der Waals surface area contributed by atoms with Gasteiger partial charge in [-0.3, -0.25) is 31.7 Å². The first-order chi connectivity index (χ1) is 16.6. The lowest BCUT2D eigenvalue weighted by Crippen LogP contribution is -2.34. The number of methoxy groups -OCH3 is 1. The maximum absolute atomic E-state index is 13.1. The Hall–Kier alpha value is 1.19. The van der Waals surface area contributed by atoms with E-state index in [1.165, 1.54) is 20.7 Å². The normalized spacial score (nSPS) is 25.4. The molecule has 204 valence electrons. The van der Waals surface area contributed by atoms with Gasteiger partial charge < -0.3 is 9.26 Å². The molecule has 1 aliphatic rings. The molecular formula is C17H40NO11P5. The number of phosphoric acid groups is 2. The molecule has 0 spiro atoms. The Morgan fingerprint density at radius 1 is 0.853 bits per heavy atom. The van der Waals surface area contributed by atoms with Gasteiger partial charge in [0.05, 0.1) is 53.5 Å². The molecule has 1 fully saturated rings. The number of hydrogen-bond acceptors (Lipinski definition) is 11. The predicted molar refractivity (Wildman–Crippen MR) is 136 cm³/mol. The molecular weight excluding hydrogens is 549 g/mol. The van der Waals surface area contributed by atoms with Crippen LogP contribution in [0, 0.1) is 0 Å². The van der Waals surface area contributed by atoms with E-state index in [0.29, 0.717) is 0 Å². The van der Waals surface area contributed by atoms with Crippen LogP contribution >= 0.6 is 41.6 Å². The lowest BCUT2D eigenvalue weighted by Gasteiger charge is -2.31. The summed E-state index contributed by atoms with van der Waals surface area (Å²) in [4.78, 5) is 0. The maximum atomic E-state index is 13.1. The zero-order chi connectivity index (χ0) is 27.6. The lowest BCUT2D eigenvalue weighted by molar-refractivity contribution is 0.0214. The number of rotatable bonds is 20. The third-order valence-corrected chi connectivity index (χ3v) is 9.49. The molecule has 12 nitrogen and oxygen atoms in total. The van der Waals surface area contributed by atoms with Gasteiger partial charge in [-0.25, -0.2) is 14.2 Å². The highest BCUT2D eigenvalue weighted by atomic mass is 31.2. The third kappa shape index (κ3) is 13.7. The Morgan fingerprint density at radius 3 is 1.68 bits per heavy atom. The minimum atomic E-state index is -4.33. The van der Waals surface area contributed by atoms with Crippen LogP contribution in [-0.2, 0) is 50.1 Å². The fourth-order valence-electron chi connectivity index (χ4n) is 2.72. The molecule has 0 bridgehead atoms. The second-order valence-electron chi connectivity index (χ2n) is 7.78. The van der Waals surface area contributed by atoms with Crippen molar-refractivity contribution in [3.05, 3.63) is 0 Å². The van der Waals surface area contributed by atoms with Gasteiger partial charge in [0.15, 0.2) is 0 Å². The van der Waals surface area contributed by atoms with Crippen LogP contribution in [0.5, 0.6) is 0 Å². The minimum Gasteiger partial charge on any atom is -0.382 e. The summed E-state index contributed by atoms with van der Waals surface area (Å²) < 4.78 is 95.5. The van der Waals surface area contributed by atoms with Crippen LogP contribution in [0.15, 0.2) is 0 Å². The van der Waals surface area contributed by atoms with E-state index in [1.54, 1.807) is 13.8 Å². The van der Waals surface area contributed by atoms with Crippen molar-refractivity contribution >= 4 is 41.6 Å². The number of phosphoric ester groups is 2. The highest BCUT2D eigenvalue weighted by Crippen LogP contribution is 2.54. The molecule has 34 heavy (non-hydrogen) atoms. The molecule has 1 rings (SSSR count). The average molecular weight is 593 g/mol. The van der Waals surface area contributed by atoms with Crippen LogP contribution in [0.4, 0.5) is 0 Å². The Bertz CT molecular complexity index is 792. The zero-order valence-electron chi connectivity index (χ0n) is 22.2. The Balaban J connectivity index is 2.71. The number of nitrogens with one attached hydrogen (secondary N) is 1. The molecule has 10 unspecified atom stereocenters. The first kappa shape index (κ1) is 29.7. The Labute approximate surface area is 210 Å². The van der Waals surface area contributed by atoms with E-state index in [9.17, 15) is 13.7 Å². The van der Waals surface area contributed by atoms with Crippen LogP contribution < -0.4 is 5.09 Å². The summed E-state index contributed by atoms with van der Waals surface area (Å²) in [7, 11) is -6.25. The summed E-state index contributed by atoms with van der Waals surface area (Å²) in [6, 6.07) is 0.145. The molecule has 0 aromatic rings. The van der Waals surface area contributed by atoms with Gasteiger partial charge in [0.25, 0.3) is 7.52 Å². The van der Waals surface area contributed by atoms with Crippen LogP contribution in [-0.4, -0.2) is 70.6 Å². The van der Waals surface area contributed by atoms with Crippen molar-refractivity contribution < 1.29 is 52.8 Å². The SMILES string of the molecule is [3H]C(P)OP(=O)(OCC(C)OP(=O)(OCC(C)OP(C)(=O)NC1CCC1)OC([3H])P)OC(C)COC. The lowest BCUT2D eigenvalue weighted by atomic mass is 9.94. The summed E-state index contributed by atoms with van der Waals surface area (Å²) >= 11 is 0. The van der Waals surface area contributed by atoms with Gasteiger partial charge in [-0.2, -0.15) is 0 Å². The standard InChI is InChI=1S/C17H40NO11P5/c1-14(9-22-4)28-33(20,25-12-30)24-11-16(3)29-34(21,26-13-31)23-10-15(2)27-32(5,19)18-17-7-6-8-17/h14-17H,6-13,30-31H2,1-5H3,(H,18,19)/i12T,13T. The molecule has 0 aromatic heterocycles. The summed E-state index contributed by atoms with van der Waals surface area (Å²) in [5.41, 5.74) is 0. The van der Waals surface area contributed by atoms with Gasteiger partial charge in [-0.15, -0.1) is 18.5 Å². The second kappa shape index (κ2) is 16.2. The third-order valence-electron chi connectivity index (χ3n) is 4.24. The smallest absolute Gasteiger partial charge is 0.382 e. The largest absolute Gasteiger partial charge is 0.475 e. The summed E-state index contributed by atoms with van der Waals surface area (Å²) in [6.07, 6.45) is -2.15. The van der Waals surface area contributed by atoms with Gasteiger partial charge in [-0.05, 0) is 33.6 Å². The van der Waals surface area contributed by atoms with E-state index in [2.05, 4.69) is 5.09 Å². The summed E-state index contributed by atoms with van der Waals surface area (Å²) in [6.45, 7) is 5.41. The van der Waals surface area contributed by atoms with Crippen molar-refractivity contribution in [2.45, 2.75) is 64.4 Å². The maximum Gasteiger partial charge on any atom is 0.475 e. The first-order valence-electron chi connectivity index (χ1n) is 11.8. The number of ether oxygens (including phenoxy) is 1. The van der Waals surface area contributed by atoms with Gasteiger partial charge >= 0.3 is 15.6 Å². The van der Waals surface area contributed by atoms with Crippen LogP contribution in [0.2, 0.25) is 0 Å². The van der Waals surface area contributed by atoms with E-state index in [-0.39, 0.29) is 19.3 Å². The minimum absolute atomic E-state index is 0.0966. The summed E-state index contributed by atoms with van der Waals surface area (Å²) in [5, 5.41) is 2.97. The van der Waals surface area contributed by atoms with Gasteiger partial charge in [0.1, 0.15) is 0 Å². The van der Waals surface area contributed by atoms with E-state index in [4.69, 9.17) is 39.1 Å². The monoisotopic (exact) mass is 593 g/mol. The fraction of sp³-hybridized carbons (Fsp3) is 1.00. The molecule has 1 saturated carbocycles. The Morgan fingerprint density at radius 2 is 1.29 bits per heavy atom. The molecule has 0 saturated heterocycles. The molecule has 10 atom stereocenters. The molecule has 0 amide bonds. The molecule has 0 radical (unpaired) electrons. The van der Waals surface area contributed by atoms with Crippen LogP contribution in [0.3, 0.4) is 0 Å². The molecule has 0 heterocycles. The Kier molecular flexibility index (Phi) is 14.2. The van der Waals surface area contributed by atoms with E-state index >= 15 is 0 Å². The molecule has 0 aromatic carbocycles. The van der Waals surface area contributed by atoms with Gasteiger partial charge in [0, 0.05) is 19.8 Å². The van der Waals surface area contributed by atoms with Crippen molar-refractivity contribution in [3.63, 3.8) is 0 Å². The van der Waals surface area contributed by atoms with E-state index in [0.717, 1.165) is 19.3 Å². The van der Waals surface area contributed by atoms with Crippen molar-refractivity contribution in [2.24, 2.45) is 0 Å². The quantitative estimate of drug-likeness (QED) is 0.195.